The molecule has 2 rings (SSSR count). The van der Waals surface area contributed by atoms with Crippen LogP contribution in [0.3, 0.4) is 0 Å². The van der Waals surface area contributed by atoms with Gasteiger partial charge in [-0.05, 0) is 49.2 Å². The van der Waals surface area contributed by atoms with Gasteiger partial charge in [0.2, 0.25) is 0 Å². The molecule has 108 valence electrons. The van der Waals surface area contributed by atoms with Gasteiger partial charge in [0.05, 0.1) is 17.7 Å². The first kappa shape index (κ1) is 15.6. The second-order valence-electron chi connectivity index (χ2n) is 4.90. The van der Waals surface area contributed by atoms with Crippen LogP contribution in [-0.4, -0.2) is 5.11 Å². The predicted molar refractivity (Wildman–Crippen MR) is 85.0 cm³/mol. The van der Waals surface area contributed by atoms with E-state index in [1.54, 1.807) is 13.0 Å². The number of aliphatic hydroxyl groups excluding tert-OH is 1. The smallest absolute Gasteiger partial charge is 0.126 e. The monoisotopic (exact) mass is 345 g/mol. The highest BCUT2D eigenvalue weighted by molar-refractivity contribution is 9.10. The highest BCUT2D eigenvalue weighted by atomic mass is 79.9. The second kappa shape index (κ2) is 6.75. The molecule has 0 radical (unpaired) electrons. The third-order valence-electron chi connectivity index (χ3n) is 3.28. The molecule has 0 heterocycles. The molecule has 3 nitrogen and oxygen atoms in total. The zero-order chi connectivity index (χ0) is 15.4. The third kappa shape index (κ3) is 3.84. The van der Waals surface area contributed by atoms with Gasteiger partial charge in [0.25, 0.3) is 0 Å². The first-order valence-corrected chi connectivity index (χ1v) is 7.40. The number of aryl methyl sites for hydroxylation is 1. The topological polar surface area (TPSA) is 53.2 Å². The maximum Gasteiger partial charge on any atom is 0.126 e. The van der Waals surface area contributed by atoms with Crippen molar-refractivity contribution < 1.29 is 9.84 Å². The summed E-state index contributed by atoms with van der Waals surface area (Å²) in [6, 6.07) is 13.2. The molecule has 21 heavy (non-hydrogen) atoms. The summed E-state index contributed by atoms with van der Waals surface area (Å²) in [5.74, 6) is 0.656. The van der Waals surface area contributed by atoms with E-state index in [0.29, 0.717) is 17.9 Å². The van der Waals surface area contributed by atoms with Crippen LogP contribution in [-0.2, 0) is 6.61 Å². The predicted octanol–water partition coefficient (Wildman–Crippen LogP) is 4.26. The van der Waals surface area contributed by atoms with Gasteiger partial charge in [-0.2, -0.15) is 5.26 Å². The van der Waals surface area contributed by atoms with Crippen molar-refractivity contribution in [2.24, 2.45) is 0 Å². The maximum absolute atomic E-state index is 9.78. The molecule has 0 fully saturated rings. The quantitative estimate of drug-likeness (QED) is 0.900. The molecule has 0 aliphatic heterocycles. The molecule has 0 aromatic heterocycles. The summed E-state index contributed by atoms with van der Waals surface area (Å²) < 4.78 is 6.75. The minimum atomic E-state index is -0.588. The Hall–Kier alpha value is -1.83. The van der Waals surface area contributed by atoms with Gasteiger partial charge in [0.1, 0.15) is 12.4 Å². The highest BCUT2D eigenvalue weighted by Gasteiger charge is 2.10. The summed E-state index contributed by atoms with van der Waals surface area (Å²) in [5, 5.41) is 18.7. The number of halogens is 1. The summed E-state index contributed by atoms with van der Waals surface area (Å²) in [7, 11) is 0. The highest BCUT2D eigenvalue weighted by Crippen LogP contribution is 2.29. The van der Waals surface area contributed by atoms with Crippen molar-refractivity contribution in [1.29, 1.82) is 5.26 Å². The molecule has 1 N–H and O–H groups in total. The van der Waals surface area contributed by atoms with Crippen LogP contribution in [0, 0.1) is 18.3 Å². The molecule has 2 aromatic carbocycles. The standard InChI is InChI=1S/C17H16BrNO2/c1-11-7-13(9-19)3-4-14(11)10-21-17-8-15(18)5-6-16(17)12(2)20/h3-8,12,20H,10H2,1-2H3/t12-/m1/s1. The van der Waals surface area contributed by atoms with Crippen molar-refractivity contribution in [3.8, 4) is 11.8 Å². The largest absolute Gasteiger partial charge is 0.488 e. The van der Waals surface area contributed by atoms with Gasteiger partial charge in [-0.15, -0.1) is 0 Å². The van der Waals surface area contributed by atoms with Crippen molar-refractivity contribution in [3.63, 3.8) is 0 Å². The van der Waals surface area contributed by atoms with Gasteiger partial charge < -0.3 is 9.84 Å². The molecule has 0 aliphatic rings. The van der Waals surface area contributed by atoms with Gasteiger partial charge in [0.15, 0.2) is 0 Å². The van der Waals surface area contributed by atoms with Crippen molar-refractivity contribution in [2.45, 2.75) is 26.6 Å². The Morgan fingerprint density at radius 1 is 1.29 bits per heavy atom. The Balaban J connectivity index is 2.20. The van der Waals surface area contributed by atoms with Crippen LogP contribution in [0.25, 0.3) is 0 Å². The van der Waals surface area contributed by atoms with E-state index in [9.17, 15) is 5.11 Å². The van der Waals surface area contributed by atoms with E-state index in [1.807, 2.05) is 37.3 Å². The molecular formula is C17H16BrNO2. The van der Waals surface area contributed by atoms with Crippen molar-refractivity contribution in [2.75, 3.05) is 0 Å². The molecule has 0 aliphatic carbocycles. The average molecular weight is 346 g/mol. The fourth-order valence-electron chi connectivity index (χ4n) is 2.06. The minimum absolute atomic E-state index is 0.397. The molecule has 0 bridgehead atoms. The Morgan fingerprint density at radius 2 is 2.05 bits per heavy atom. The maximum atomic E-state index is 9.78. The average Bonchev–Trinajstić information content (AvgIpc) is 2.45. The number of benzene rings is 2. The van der Waals surface area contributed by atoms with Crippen molar-refractivity contribution in [3.05, 3.63) is 63.1 Å². The van der Waals surface area contributed by atoms with E-state index in [0.717, 1.165) is 21.2 Å². The Kier molecular flexibility index (Phi) is 5.00. The summed E-state index contributed by atoms with van der Waals surface area (Å²) in [6.45, 7) is 4.06. The Bertz CT molecular complexity index is 690. The minimum Gasteiger partial charge on any atom is -0.488 e. The fourth-order valence-corrected chi connectivity index (χ4v) is 2.40. The van der Waals surface area contributed by atoms with E-state index in [-0.39, 0.29) is 0 Å². The molecule has 2 aromatic rings. The SMILES string of the molecule is Cc1cc(C#N)ccc1COc1cc(Br)ccc1[C@@H](C)O. The normalized spacial score (nSPS) is 11.8. The number of hydrogen-bond donors (Lipinski definition) is 1. The lowest BCUT2D eigenvalue weighted by atomic mass is 10.1. The van der Waals surface area contributed by atoms with E-state index in [2.05, 4.69) is 22.0 Å². The Morgan fingerprint density at radius 3 is 2.67 bits per heavy atom. The van der Waals surface area contributed by atoms with Crippen LogP contribution in [0.4, 0.5) is 0 Å². The number of ether oxygens (including phenoxy) is 1. The molecule has 1 atom stereocenters. The van der Waals surface area contributed by atoms with Gasteiger partial charge in [-0.1, -0.05) is 28.1 Å². The molecule has 0 unspecified atom stereocenters. The molecular weight excluding hydrogens is 330 g/mol. The third-order valence-corrected chi connectivity index (χ3v) is 3.77. The van der Waals surface area contributed by atoms with Crippen LogP contribution in [0.2, 0.25) is 0 Å². The van der Waals surface area contributed by atoms with Crippen molar-refractivity contribution >= 4 is 15.9 Å². The van der Waals surface area contributed by atoms with E-state index < -0.39 is 6.10 Å². The number of rotatable bonds is 4. The van der Waals surface area contributed by atoms with Crippen LogP contribution >= 0.6 is 15.9 Å². The first-order chi connectivity index (χ1) is 10.0. The van der Waals surface area contributed by atoms with Gasteiger partial charge in [-0.3, -0.25) is 0 Å². The zero-order valence-corrected chi connectivity index (χ0v) is 13.5. The van der Waals surface area contributed by atoms with Crippen LogP contribution in [0.5, 0.6) is 5.75 Å². The Labute approximate surface area is 132 Å². The van der Waals surface area contributed by atoms with Crippen molar-refractivity contribution in [1.82, 2.24) is 0 Å². The zero-order valence-electron chi connectivity index (χ0n) is 11.9. The van der Waals surface area contributed by atoms with Gasteiger partial charge in [0, 0.05) is 10.0 Å². The summed E-state index contributed by atoms with van der Waals surface area (Å²) in [4.78, 5) is 0. The lowest BCUT2D eigenvalue weighted by molar-refractivity contribution is 0.190. The number of hydrogen-bond acceptors (Lipinski definition) is 3. The van der Waals surface area contributed by atoms with E-state index >= 15 is 0 Å². The number of aliphatic hydroxyl groups is 1. The fraction of sp³-hybridized carbons (Fsp3) is 0.235. The summed E-state index contributed by atoms with van der Waals surface area (Å²) in [6.07, 6.45) is -0.588. The van der Waals surface area contributed by atoms with E-state index in [4.69, 9.17) is 10.00 Å². The summed E-state index contributed by atoms with van der Waals surface area (Å²) >= 11 is 3.41. The lowest BCUT2D eigenvalue weighted by Gasteiger charge is -2.15. The first-order valence-electron chi connectivity index (χ1n) is 6.61. The molecule has 0 amide bonds. The second-order valence-corrected chi connectivity index (χ2v) is 5.82. The number of nitriles is 1. The van der Waals surface area contributed by atoms with E-state index in [1.165, 1.54) is 0 Å². The lowest BCUT2D eigenvalue weighted by Crippen LogP contribution is -2.02. The van der Waals surface area contributed by atoms with Gasteiger partial charge >= 0.3 is 0 Å². The molecule has 4 heteroatoms. The summed E-state index contributed by atoms with van der Waals surface area (Å²) in [5.41, 5.74) is 3.43. The molecule has 0 saturated carbocycles. The van der Waals surface area contributed by atoms with Gasteiger partial charge in [-0.25, -0.2) is 0 Å². The number of nitrogens with zero attached hydrogens (tertiary/aromatic N) is 1. The van der Waals surface area contributed by atoms with Crippen LogP contribution < -0.4 is 4.74 Å². The molecule has 0 spiro atoms. The molecule has 0 saturated heterocycles. The van der Waals surface area contributed by atoms with Crippen LogP contribution in [0.15, 0.2) is 40.9 Å². The van der Waals surface area contributed by atoms with Crippen LogP contribution in [0.1, 0.15) is 35.3 Å².